The maximum atomic E-state index is 13.9. The second kappa shape index (κ2) is 32.4. The molecule has 1 aromatic carbocycles. The Morgan fingerprint density at radius 1 is 0.542 bits per heavy atom. The number of aromatic hydroxyl groups is 1. The van der Waals surface area contributed by atoms with Gasteiger partial charge in [-0.25, -0.2) is 4.79 Å². The minimum atomic E-state index is -1.88. The van der Waals surface area contributed by atoms with Gasteiger partial charge in [-0.2, -0.15) is 12.6 Å². The summed E-state index contributed by atoms with van der Waals surface area (Å²) in [4.78, 5) is 143. The Labute approximate surface area is 421 Å². The van der Waals surface area contributed by atoms with Gasteiger partial charge < -0.3 is 85.3 Å². The molecule has 404 valence electrons. The molecule has 27 nitrogen and oxygen atoms in total. The monoisotopic (exact) mass is 1040 g/mol. The highest BCUT2D eigenvalue weighted by Gasteiger charge is 2.35. The summed E-state index contributed by atoms with van der Waals surface area (Å²) in [6.45, 7) is 5.00. The second-order valence-corrected chi connectivity index (χ2v) is 18.0. The Kier molecular flexibility index (Phi) is 28.5. The van der Waals surface area contributed by atoms with Gasteiger partial charge in [0.25, 0.3) is 0 Å². The molecule has 0 heterocycles. The summed E-state index contributed by atoms with van der Waals surface area (Å²) < 4.78 is 0. The number of amides is 9. The van der Waals surface area contributed by atoms with Crippen molar-refractivity contribution in [3.05, 3.63) is 29.8 Å². The summed E-state index contributed by atoms with van der Waals surface area (Å²) in [6, 6.07) is -8.76. The highest BCUT2D eigenvalue weighted by molar-refractivity contribution is 7.80. The topological polar surface area (TPSA) is 463 Å². The number of hydrogen-bond donors (Lipinski definition) is 17. The molecule has 72 heavy (non-hydrogen) atoms. The molecule has 0 fully saturated rings. The molecule has 0 aliphatic carbocycles. The van der Waals surface area contributed by atoms with Crippen LogP contribution < -0.4 is 59.7 Å². The lowest BCUT2D eigenvalue weighted by atomic mass is 10.00. The standard InChI is InChI=1S/C44H71N11O16S/c1-21(2)13-27(49-36(62)25(46)16-35(60)61)38(64)50-28(15-23-8-10-24(58)11-9-23)39(65)54-31(18-56)41(67)51-29(17-34(47)59)40(66)55-33(20-72)43(69)48-26(7-5-6-12-45)37(63)53-32(19-57)42(68)52-30(44(70)71)14-22(3)4/h8-11,21-22,25-33,56-58,72H,5-7,12-20,45-46H2,1-4H3,(H2,47,59)(H,48,69)(H,49,62)(H,50,64)(H,51,67)(H,52,68)(H,53,63)(H,54,65)(H,55,66)(H,60,61)(H,70,71)/t25-,26-,27-,28-,29-,30-,31-,32-,33-/m0/s1. The van der Waals surface area contributed by atoms with Crippen LogP contribution in [0.4, 0.5) is 0 Å². The van der Waals surface area contributed by atoms with Gasteiger partial charge in [-0.05, 0) is 68.2 Å². The average Bonchev–Trinajstić information content (AvgIpc) is 3.29. The van der Waals surface area contributed by atoms with E-state index in [-0.39, 0.29) is 56.2 Å². The van der Waals surface area contributed by atoms with Crippen molar-refractivity contribution in [3.63, 3.8) is 0 Å². The Hall–Kier alpha value is -6.62. The first kappa shape index (κ1) is 63.4. The molecule has 0 bridgehead atoms. The van der Waals surface area contributed by atoms with Crippen molar-refractivity contribution in [1.29, 1.82) is 0 Å². The average molecular weight is 1040 g/mol. The third kappa shape index (κ3) is 23.5. The zero-order chi connectivity index (χ0) is 54.8. The molecular formula is C44H71N11O16S. The first-order chi connectivity index (χ1) is 33.8. The van der Waals surface area contributed by atoms with Gasteiger partial charge in [-0.1, -0.05) is 39.8 Å². The Morgan fingerprint density at radius 2 is 0.944 bits per heavy atom. The van der Waals surface area contributed by atoms with Crippen molar-refractivity contribution in [2.45, 2.75) is 133 Å². The minimum absolute atomic E-state index is 0.00184. The number of nitrogens with one attached hydrogen (secondary N) is 8. The van der Waals surface area contributed by atoms with E-state index in [0.717, 1.165) is 0 Å². The number of benzene rings is 1. The van der Waals surface area contributed by atoms with E-state index in [0.29, 0.717) is 12.0 Å². The number of aliphatic hydroxyl groups excluding tert-OH is 2. The van der Waals surface area contributed by atoms with Crippen LogP contribution in [0.1, 0.15) is 78.2 Å². The normalized spacial score (nSPS) is 14.9. The molecule has 19 N–H and O–H groups in total. The number of aliphatic hydroxyl groups is 2. The van der Waals surface area contributed by atoms with E-state index >= 15 is 0 Å². The smallest absolute Gasteiger partial charge is 0.326 e. The van der Waals surface area contributed by atoms with Gasteiger partial charge in [0, 0.05) is 12.2 Å². The molecule has 0 saturated heterocycles. The number of carboxylic acid groups (broad SMARTS) is 2. The van der Waals surface area contributed by atoms with Gasteiger partial charge in [-0.15, -0.1) is 0 Å². The fraction of sp³-hybridized carbons (Fsp3) is 0.614. The first-order valence-electron chi connectivity index (χ1n) is 23.0. The van der Waals surface area contributed by atoms with Crippen molar-refractivity contribution < 1.29 is 78.3 Å². The lowest BCUT2D eigenvalue weighted by Gasteiger charge is -2.27. The molecule has 28 heteroatoms. The number of phenolic OH excluding ortho intramolecular Hbond substituents is 1. The van der Waals surface area contributed by atoms with Crippen molar-refractivity contribution in [1.82, 2.24) is 42.5 Å². The predicted molar refractivity (Wildman–Crippen MR) is 259 cm³/mol. The maximum Gasteiger partial charge on any atom is 0.326 e. The molecule has 1 rings (SSSR count). The number of rotatable bonds is 34. The lowest BCUT2D eigenvalue weighted by Crippen LogP contribution is -2.61. The Bertz CT molecular complexity index is 2030. The number of carbonyl (C=O) groups excluding carboxylic acids is 9. The quantitative estimate of drug-likeness (QED) is 0.0226. The molecule has 0 unspecified atom stereocenters. The zero-order valence-electron chi connectivity index (χ0n) is 40.6. The largest absolute Gasteiger partial charge is 0.508 e. The molecule has 9 amide bonds. The summed E-state index contributed by atoms with van der Waals surface area (Å²) in [5.74, 6) is -13.3. The number of aliphatic carboxylic acids is 2. The van der Waals surface area contributed by atoms with E-state index in [1.54, 1.807) is 27.7 Å². The van der Waals surface area contributed by atoms with Crippen LogP contribution in [-0.2, 0) is 59.2 Å². The van der Waals surface area contributed by atoms with E-state index < -0.39 is 151 Å². The van der Waals surface area contributed by atoms with Crippen molar-refractivity contribution in [2.75, 3.05) is 25.5 Å². The fourth-order valence-electron chi connectivity index (χ4n) is 6.69. The summed E-state index contributed by atoms with van der Waals surface area (Å²) in [5.41, 5.74) is 17.0. The van der Waals surface area contributed by atoms with Crippen LogP contribution in [0.3, 0.4) is 0 Å². The minimum Gasteiger partial charge on any atom is -0.508 e. The zero-order valence-corrected chi connectivity index (χ0v) is 41.4. The summed E-state index contributed by atoms with van der Waals surface area (Å²) in [5, 5.41) is 67.2. The number of nitrogens with two attached hydrogens (primary N) is 3. The van der Waals surface area contributed by atoms with Crippen molar-refractivity contribution in [2.24, 2.45) is 29.0 Å². The highest BCUT2D eigenvalue weighted by Crippen LogP contribution is 2.14. The van der Waals surface area contributed by atoms with E-state index in [4.69, 9.17) is 22.3 Å². The van der Waals surface area contributed by atoms with Crippen molar-refractivity contribution in [3.8, 4) is 5.75 Å². The van der Waals surface area contributed by atoms with Crippen LogP contribution in [-0.4, -0.2) is 171 Å². The SMILES string of the molecule is CC(C)C[C@H](NC(=O)[C@H](CO)NC(=O)[C@H](CCCCN)NC(=O)[C@H](CS)NC(=O)[C@H](CC(N)=O)NC(=O)[C@H](CO)NC(=O)[C@H](Cc1ccc(O)cc1)NC(=O)[C@H](CC(C)C)NC(=O)[C@@H](N)CC(=O)O)C(=O)O. The molecule has 0 aromatic heterocycles. The summed E-state index contributed by atoms with van der Waals surface area (Å²) in [7, 11) is 0. The molecule has 0 spiro atoms. The number of thiol groups is 1. The van der Waals surface area contributed by atoms with Gasteiger partial charge in [0.05, 0.1) is 32.1 Å². The van der Waals surface area contributed by atoms with Gasteiger partial charge in [-0.3, -0.25) is 47.9 Å². The summed E-state index contributed by atoms with van der Waals surface area (Å²) >= 11 is 4.12. The van der Waals surface area contributed by atoms with Gasteiger partial charge in [0.15, 0.2) is 0 Å². The number of primary amides is 1. The molecule has 0 aliphatic heterocycles. The highest BCUT2D eigenvalue weighted by atomic mass is 32.1. The Morgan fingerprint density at radius 3 is 1.42 bits per heavy atom. The van der Waals surface area contributed by atoms with Gasteiger partial charge in [0.1, 0.15) is 54.1 Å². The van der Waals surface area contributed by atoms with E-state index in [1.807, 2.05) is 0 Å². The van der Waals surface area contributed by atoms with Crippen LogP contribution in [0.25, 0.3) is 0 Å². The maximum absolute atomic E-state index is 13.9. The van der Waals surface area contributed by atoms with Gasteiger partial charge in [0.2, 0.25) is 53.2 Å². The van der Waals surface area contributed by atoms with Crippen LogP contribution in [0.5, 0.6) is 5.75 Å². The number of carbonyl (C=O) groups is 11. The molecule has 0 aliphatic rings. The number of unbranched alkanes of at least 4 members (excludes halogenated alkanes) is 1. The summed E-state index contributed by atoms with van der Waals surface area (Å²) in [6.07, 6.45) is -1.32. The van der Waals surface area contributed by atoms with Crippen LogP contribution in [0, 0.1) is 11.8 Å². The van der Waals surface area contributed by atoms with Gasteiger partial charge >= 0.3 is 11.9 Å². The first-order valence-corrected chi connectivity index (χ1v) is 23.6. The van der Waals surface area contributed by atoms with E-state index in [1.165, 1.54) is 24.3 Å². The lowest BCUT2D eigenvalue weighted by molar-refractivity contribution is -0.143. The predicted octanol–water partition coefficient (Wildman–Crippen LogP) is -5.29. The number of phenols is 1. The molecular weight excluding hydrogens is 971 g/mol. The van der Waals surface area contributed by atoms with E-state index in [2.05, 4.69) is 55.2 Å². The Balaban J connectivity index is 3.35. The van der Waals surface area contributed by atoms with Crippen LogP contribution >= 0.6 is 12.6 Å². The molecule has 0 saturated carbocycles. The molecule has 9 atom stereocenters. The third-order valence-electron chi connectivity index (χ3n) is 10.5. The van der Waals surface area contributed by atoms with Crippen molar-refractivity contribution >= 4 is 77.7 Å². The third-order valence-corrected chi connectivity index (χ3v) is 10.8. The number of hydrogen-bond acceptors (Lipinski definition) is 17. The number of carboxylic acids is 2. The fourth-order valence-corrected chi connectivity index (χ4v) is 6.95. The van der Waals surface area contributed by atoms with Crippen LogP contribution in [0.2, 0.25) is 0 Å². The van der Waals surface area contributed by atoms with Crippen LogP contribution in [0.15, 0.2) is 24.3 Å². The molecule has 1 aromatic rings. The molecule has 0 radical (unpaired) electrons. The second-order valence-electron chi connectivity index (χ2n) is 17.7. The van der Waals surface area contributed by atoms with E-state index in [9.17, 15) is 73.2 Å².